The minimum Gasteiger partial charge on any atom is -0.358 e. The highest BCUT2D eigenvalue weighted by atomic mass is 35.5. The summed E-state index contributed by atoms with van der Waals surface area (Å²) >= 11 is 0. The first-order valence-corrected chi connectivity index (χ1v) is 5.44. The van der Waals surface area contributed by atoms with E-state index in [4.69, 9.17) is 0 Å². The second-order valence-corrected chi connectivity index (χ2v) is 5.03. The topological polar surface area (TPSA) is 15.8 Å². The first-order valence-electron chi connectivity index (χ1n) is 5.44. The monoisotopic (exact) mass is 219 g/mol. The van der Waals surface area contributed by atoms with Crippen LogP contribution >= 0.6 is 12.4 Å². The predicted octanol–water partition coefficient (Wildman–Crippen LogP) is 3.64. The lowest BCUT2D eigenvalue weighted by atomic mass is 9.43. The molecule has 2 aromatic rings. The average molecular weight is 220 g/mol. The number of hydrogen-bond acceptors (Lipinski definition) is 0. The molecule has 78 valence electrons. The average Bonchev–Trinajstić information content (AvgIpc) is 2.40. The number of fused-ring (bicyclic) bond motifs is 1. The summed E-state index contributed by atoms with van der Waals surface area (Å²) in [7, 11) is 0. The van der Waals surface area contributed by atoms with Gasteiger partial charge < -0.3 is 4.98 Å². The van der Waals surface area contributed by atoms with Gasteiger partial charge in [0.1, 0.15) is 0 Å². The van der Waals surface area contributed by atoms with Gasteiger partial charge in [-0.1, -0.05) is 18.2 Å². The summed E-state index contributed by atoms with van der Waals surface area (Å²) in [6.07, 6.45) is 4.29. The van der Waals surface area contributed by atoms with Crippen LogP contribution in [0.1, 0.15) is 25.0 Å². The van der Waals surface area contributed by atoms with Crippen LogP contribution in [0.25, 0.3) is 10.9 Å². The van der Waals surface area contributed by atoms with Crippen LogP contribution in [-0.4, -0.2) is 4.98 Å². The molecule has 1 aromatic carbocycles. The maximum Gasteiger partial charge on any atom is 0.0456 e. The van der Waals surface area contributed by atoms with E-state index in [1.165, 1.54) is 35.9 Å². The zero-order valence-corrected chi connectivity index (χ0v) is 9.31. The zero-order valence-electron chi connectivity index (χ0n) is 8.49. The number of halogens is 1. The third kappa shape index (κ3) is 1.04. The Labute approximate surface area is 95.3 Å². The number of para-hydroxylation sites is 1. The van der Waals surface area contributed by atoms with Crippen LogP contribution in [-0.2, 0) is 5.41 Å². The first kappa shape index (κ1) is 9.29. The van der Waals surface area contributed by atoms with Crippen molar-refractivity contribution >= 4 is 23.3 Å². The Kier molecular flexibility index (Phi) is 1.73. The lowest BCUT2D eigenvalue weighted by Gasteiger charge is -2.61. The largest absolute Gasteiger partial charge is 0.358 e. The van der Waals surface area contributed by atoms with E-state index in [-0.39, 0.29) is 12.4 Å². The van der Waals surface area contributed by atoms with Crippen molar-refractivity contribution < 1.29 is 0 Å². The molecule has 3 aliphatic rings. The zero-order chi connectivity index (χ0) is 9.17. The standard InChI is InChI=1S/C13H13N.ClH/c1-2-4-11-10(3-1)5-12(14-11)13-6-9(7-13)8-13;/h1-5,9,14H,6-8H2;1H. The van der Waals surface area contributed by atoms with Gasteiger partial charge in [0.15, 0.2) is 0 Å². The smallest absolute Gasteiger partial charge is 0.0456 e. The Morgan fingerprint density at radius 3 is 2.47 bits per heavy atom. The number of nitrogens with one attached hydrogen (secondary N) is 1. The van der Waals surface area contributed by atoms with Gasteiger partial charge in [-0.25, -0.2) is 0 Å². The normalized spacial score (nSPS) is 31.6. The summed E-state index contributed by atoms with van der Waals surface area (Å²) in [5, 5.41) is 1.37. The Morgan fingerprint density at radius 1 is 1.13 bits per heavy atom. The number of benzene rings is 1. The second kappa shape index (κ2) is 2.79. The Bertz CT molecular complexity index is 464. The lowest BCUT2D eigenvalue weighted by Crippen LogP contribution is -2.55. The lowest BCUT2D eigenvalue weighted by molar-refractivity contribution is -0.0303. The van der Waals surface area contributed by atoms with Gasteiger partial charge in [-0.15, -0.1) is 12.4 Å². The molecular weight excluding hydrogens is 206 g/mol. The van der Waals surface area contributed by atoms with Gasteiger partial charge in [-0.05, 0) is 42.7 Å². The molecule has 3 fully saturated rings. The summed E-state index contributed by atoms with van der Waals surface area (Å²) in [5.41, 5.74) is 3.36. The Morgan fingerprint density at radius 2 is 1.87 bits per heavy atom. The molecule has 0 saturated heterocycles. The van der Waals surface area contributed by atoms with E-state index in [1.54, 1.807) is 0 Å². The highest BCUT2D eigenvalue weighted by molar-refractivity contribution is 5.85. The summed E-state index contributed by atoms with van der Waals surface area (Å²) in [5.74, 6) is 1.06. The van der Waals surface area contributed by atoms with Crippen molar-refractivity contribution in [3.63, 3.8) is 0 Å². The molecule has 0 amide bonds. The van der Waals surface area contributed by atoms with Crippen molar-refractivity contribution in [3.05, 3.63) is 36.0 Å². The SMILES string of the molecule is Cl.c1ccc2[nH]c(C34CC(C3)C4)cc2c1. The van der Waals surface area contributed by atoms with Crippen molar-refractivity contribution in [1.29, 1.82) is 0 Å². The molecule has 0 atom stereocenters. The summed E-state index contributed by atoms with van der Waals surface area (Å²) in [6, 6.07) is 10.9. The van der Waals surface area contributed by atoms with Crippen LogP contribution in [0.15, 0.2) is 30.3 Å². The molecule has 1 aromatic heterocycles. The van der Waals surface area contributed by atoms with Gasteiger partial charge >= 0.3 is 0 Å². The molecule has 3 aliphatic carbocycles. The van der Waals surface area contributed by atoms with E-state index >= 15 is 0 Å². The van der Waals surface area contributed by atoms with Crippen molar-refractivity contribution in [2.75, 3.05) is 0 Å². The first-order chi connectivity index (χ1) is 6.86. The Balaban J connectivity index is 0.000000722. The van der Waals surface area contributed by atoms with Crippen LogP contribution in [0.3, 0.4) is 0 Å². The van der Waals surface area contributed by atoms with Gasteiger partial charge in [0.25, 0.3) is 0 Å². The number of rotatable bonds is 1. The molecule has 2 bridgehead atoms. The number of hydrogen-bond donors (Lipinski definition) is 1. The fourth-order valence-corrected chi connectivity index (χ4v) is 3.17. The molecule has 1 heterocycles. The molecule has 1 nitrogen and oxygen atoms in total. The van der Waals surface area contributed by atoms with Gasteiger partial charge in [0.2, 0.25) is 0 Å². The molecule has 1 N–H and O–H groups in total. The van der Waals surface area contributed by atoms with Crippen LogP contribution in [0.5, 0.6) is 0 Å². The van der Waals surface area contributed by atoms with E-state index in [0.29, 0.717) is 5.41 Å². The van der Waals surface area contributed by atoms with Crippen LogP contribution in [0.2, 0.25) is 0 Å². The summed E-state index contributed by atoms with van der Waals surface area (Å²) in [6.45, 7) is 0. The van der Waals surface area contributed by atoms with E-state index in [9.17, 15) is 0 Å². The molecule has 2 heteroatoms. The fourth-order valence-electron chi connectivity index (χ4n) is 3.17. The van der Waals surface area contributed by atoms with E-state index in [2.05, 4.69) is 35.3 Å². The van der Waals surface area contributed by atoms with E-state index in [0.717, 1.165) is 5.92 Å². The maximum atomic E-state index is 3.58. The molecule has 0 radical (unpaired) electrons. The fraction of sp³-hybridized carbons (Fsp3) is 0.385. The third-order valence-electron chi connectivity index (χ3n) is 4.14. The number of aromatic amines is 1. The van der Waals surface area contributed by atoms with Gasteiger partial charge in [-0.3, -0.25) is 0 Å². The van der Waals surface area contributed by atoms with Crippen LogP contribution in [0.4, 0.5) is 0 Å². The quantitative estimate of drug-likeness (QED) is 0.754. The highest BCUT2D eigenvalue weighted by Gasteiger charge is 2.58. The van der Waals surface area contributed by atoms with Crippen molar-refractivity contribution in [2.24, 2.45) is 5.92 Å². The van der Waals surface area contributed by atoms with E-state index < -0.39 is 0 Å². The second-order valence-electron chi connectivity index (χ2n) is 5.03. The van der Waals surface area contributed by atoms with Gasteiger partial charge in [0, 0.05) is 16.6 Å². The molecule has 0 spiro atoms. The minimum absolute atomic E-state index is 0. The molecule has 0 unspecified atom stereocenters. The summed E-state index contributed by atoms with van der Waals surface area (Å²) < 4.78 is 0. The van der Waals surface area contributed by atoms with Crippen molar-refractivity contribution in [3.8, 4) is 0 Å². The number of H-pyrrole nitrogens is 1. The van der Waals surface area contributed by atoms with Crippen molar-refractivity contribution in [2.45, 2.75) is 24.7 Å². The summed E-state index contributed by atoms with van der Waals surface area (Å²) in [4.78, 5) is 3.58. The van der Waals surface area contributed by atoms with E-state index in [1.807, 2.05) is 0 Å². The van der Waals surface area contributed by atoms with Gasteiger partial charge in [0.05, 0.1) is 0 Å². The molecule has 3 saturated carbocycles. The van der Waals surface area contributed by atoms with Crippen molar-refractivity contribution in [1.82, 2.24) is 4.98 Å². The predicted molar refractivity (Wildman–Crippen MR) is 64.6 cm³/mol. The molecule has 5 rings (SSSR count). The minimum atomic E-state index is 0. The highest BCUT2D eigenvalue weighted by Crippen LogP contribution is 2.64. The maximum absolute atomic E-state index is 3.58. The van der Waals surface area contributed by atoms with Gasteiger partial charge in [-0.2, -0.15) is 0 Å². The Hall–Kier alpha value is -0.950. The van der Waals surface area contributed by atoms with Crippen LogP contribution in [0, 0.1) is 5.92 Å². The number of aromatic nitrogens is 1. The van der Waals surface area contributed by atoms with Crippen LogP contribution < -0.4 is 0 Å². The molecule has 0 aliphatic heterocycles. The molecule has 15 heavy (non-hydrogen) atoms. The third-order valence-corrected chi connectivity index (χ3v) is 4.14. The molecular formula is C13H14ClN.